The van der Waals surface area contributed by atoms with Crippen LogP contribution in [0.2, 0.25) is 0 Å². The minimum absolute atomic E-state index is 0.0364. The number of hydrogen-bond acceptors (Lipinski definition) is 6. The van der Waals surface area contributed by atoms with Gasteiger partial charge in [0, 0.05) is 11.1 Å². The van der Waals surface area contributed by atoms with Crippen molar-refractivity contribution in [3.05, 3.63) is 96.1 Å². The monoisotopic (exact) mass is 548 g/mol. The van der Waals surface area contributed by atoms with Crippen molar-refractivity contribution in [1.29, 1.82) is 0 Å². The molecule has 0 saturated heterocycles. The molecule has 8 N–H and O–H groups in total. The maximum absolute atomic E-state index is 15.7. The van der Waals surface area contributed by atoms with E-state index in [2.05, 4.69) is 0 Å². The van der Waals surface area contributed by atoms with Gasteiger partial charge in [-0.15, -0.1) is 0 Å². The molecule has 0 saturated carbocycles. The second-order valence-corrected chi connectivity index (χ2v) is 8.50. The summed E-state index contributed by atoms with van der Waals surface area (Å²) in [4.78, 5) is 0. The Morgan fingerprint density at radius 2 is 0.872 bits per heavy atom. The Labute approximate surface area is 218 Å². The van der Waals surface area contributed by atoms with Crippen molar-refractivity contribution in [3.8, 4) is 23.0 Å². The Morgan fingerprint density at radius 3 is 1.26 bits per heavy atom. The quantitative estimate of drug-likeness (QED) is 0.144. The van der Waals surface area contributed by atoms with Crippen molar-refractivity contribution in [2.45, 2.75) is 17.8 Å². The average molecular weight is 548 g/mol. The van der Waals surface area contributed by atoms with E-state index in [0.29, 0.717) is 24.3 Å². The first-order valence-electron chi connectivity index (χ1n) is 11.2. The van der Waals surface area contributed by atoms with Crippen molar-refractivity contribution >= 4 is 22.7 Å². The summed E-state index contributed by atoms with van der Waals surface area (Å²) in [7, 11) is 0. The second-order valence-electron chi connectivity index (χ2n) is 8.50. The minimum atomic E-state index is -6.00. The van der Waals surface area contributed by atoms with E-state index in [1.54, 1.807) is 0 Å². The number of benzene rings is 4. The molecule has 4 aromatic carbocycles. The van der Waals surface area contributed by atoms with Crippen LogP contribution in [0.25, 0.3) is 0 Å². The molecule has 4 aromatic rings. The summed E-state index contributed by atoms with van der Waals surface area (Å²) in [5.74, 6) is -4.97. The molecule has 4 rings (SSSR count). The lowest BCUT2D eigenvalue weighted by molar-refractivity contribution is -0.314. The van der Waals surface area contributed by atoms with Crippen LogP contribution in [0.15, 0.2) is 84.9 Å². The van der Waals surface area contributed by atoms with Gasteiger partial charge in [0.05, 0.1) is 22.7 Å². The SMILES string of the molecule is Nc1cccc(Oc2ccc(C(F)(F)C(F)(c3ccc(Oc4cccc(N)c4N)cc3)C(F)(F)F)cc2)c1N. The molecular weight excluding hydrogens is 526 g/mol. The Kier molecular flexibility index (Phi) is 6.90. The fourth-order valence-electron chi connectivity index (χ4n) is 3.76. The van der Waals surface area contributed by atoms with Crippen LogP contribution >= 0.6 is 0 Å². The lowest BCUT2D eigenvalue weighted by Crippen LogP contribution is -2.51. The van der Waals surface area contributed by atoms with E-state index in [4.69, 9.17) is 32.4 Å². The first-order chi connectivity index (χ1) is 18.3. The van der Waals surface area contributed by atoms with Gasteiger partial charge in [-0.1, -0.05) is 24.3 Å². The molecule has 0 spiro atoms. The number of alkyl halides is 6. The van der Waals surface area contributed by atoms with Gasteiger partial charge in [0.1, 0.15) is 11.5 Å². The Hall–Kier alpha value is -4.74. The van der Waals surface area contributed by atoms with E-state index in [9.17, 15) is 13.2 Å². The van der Waals surface area contributed by atoms with E-state index >= 15 is 13.2 Å². The highest BCUT2D eigenvalue weighted by Gasteiger charge is 2.72. The Balaban J connectivity index is 1.64. The molecule has 0 aliphatic rings. The molecule has 204 valence electrons. The van der Waals surface area contributed by atoms with Crippen molar-refractivity contribution in [1.82, 2.24) is 0 Å². The number of ether oxygens (including phenoxy) is 2. The van der Waals surface area contributed by atoms with Gasteiger partial charge in [-0.05, 0) is 60.7 Å². The van der Waals surface area contributed by atoms with Gasteiger partial charge in [0.15, 0.2) is 11.5 Å². The summed E-state index contributed by atoms with van der Waals surface area (Å²) in [6.07, 6.45) is -6.00. The van der Waals surface area contributed by atoms with Crippen LogP contribution in [0.3, 0.4) is 0 Å². The van der Waals surface area contributed by atoms with Crippen LogP contribution in [0.5, 0.6) is 23.0 Å². The Morgan fingerprint density at radius 1 is 0.487 bits per heavy atom. The molecule has 0 aromatic heterocycles. The highest BCUT2D eigenvalue weighted by molar-refractivity contribution is 5.71. The number of para-hydroxylation sites is 2. The summed E-state index contributed by atoms with van der Waals surface area (Å²) < 4.78 is 99.4. The zero-order valence-electron chi connectivity index (χ0n) is 20.0. The van der Waals surface area contributed by atoms with Crippen LogP contribution < -0.4 is 32.4 Å². The van der Waals surface area contributed by atoms with Crippen LogP contribution in [-0.2, 0) is 11.6 Å². The smallest absolute Gasteiger partial charge is 0.433 e. The first kappa shape index (κ1) is 27.3. The Bertz CT molecular complexity index is 1480. The number of anilines is 4. The summed E-state index contributed by atoms with van der Waals surface area (Å²) in [6.45, 7) is 0. The predicted molar refractivity (Wildman–Crippen MR) is 136 cm³/mol. The van der Waals surface area contributed by atoms with Crippen LogP contribution in [0.1, 0.15) is 11.1 Å². The van der Waals surface area contributed by atoms with Crippen molar-refractivity contribution in [2.75, 3.05) is 22.9 Å². The summed E-state index contributed by atoms with van der Waals surface area (Å²) >= 11 is 0. The third-order valence-electron chi connectivity index (χ3n) is 5.95. The second kappa shape index (κ2) is 9.86. The molecular formula is C27H22F6N4O2. The third kappa shape index (κ3) is 4.92. The van der Waals surface area contributed by atoms with E-state index in [1.807, 2.05) is 0 Å². The standard InChI is InChI=1S/C27H22F6N4O2/c28-25(27(31,32)33,15-7-11-17(12-8-15)38-21-5-1-3-19(34)23(21)36)26(29,30)16-9-13-18(14-10-16)39-22-6-2-4-20(35)24(22)37/h1-14H,34-37H2. The average Bonchev–Trinajstić information content (AvgIpc) is 2.89. The van der Waals surface area contributed by atoms with E-state index in [-0.39, 0.29) is 45.7 Å². The maximum Gasteiger partial charge on any atom is 0.433 e. The fraction of sp³-hybridized carbons (Fsp3) is 0.111. The normalized spacial score (nSPS) is 13.5. The van der Waals surface area contributed by atoms with Gasteiger partial charge >= 0.3 is 12.1 Å². The van der Waals surface area contributed by atoms with E-state index < -0.39 is 28.9 Å². The van der Waals surface area contributed by atoms with Gasteiger partial charge in [0.25, 0.3) is 5.67 Å². The number of nitrogens with two attached hydrogens (primary N) is 4. The molecule has 0 amide bonds. The van der Waals surface area contributed by atoms with Crippen molar-refractivity contribution in [3.63, 3.8) is 0 Å². The lowest BCUT2D eigenvalue weighted by Gasteiger charge is -2.35. The van der Waals surface area contributed by atoms with Crippen molar-refractivity contribution < 1.29 is 35.8 Å². The highest BCUT2D eigenvalue weighted by Crippen LogP contribution is 2.57. The molecule has 6 nitrogen and oxygen atoms in total. The molecule has 1 atom stereocenters. The fourth-order valence-corrected chi connectivity index (χ4v) is 3.76. The lowest BCUT2D eigenvalue weighted by atomic mass is 9.84. The molecule has 39 heavy (non-hydrogen) atoms. The van der Waals surface area contributed by atoms with Gasteiger partial charge in [-0.3, -0.25) is 0 Å². The van der Waals surface area contributed by atoms with Gasteiger partial charge in [-0.2, -0.15) is 22.0 Å². The maximum atomic E-state index is 15.7. The van der Waals surface area contributed by atoms with Crippen LogP contribution in [-0.4, -0.2) is 6.18 Å². The third-order valence-corrected chi connectivity index (χ3v) is 5.95. The topological polar surface area (TPSA) is 123 Å². The first-order valence-corrected chi connectivity index (χ1v) is 11.2. The van der Waals surface area contributed by atoms with Crippen molar-refractivity contribution in [2.24, 2.45) is 0 Å². The molecule has 1 unspecified atom stereocenters. The molecule has 0 heterocycles. The summed E-state index contributed by atoms with van der Waals surface area (Å²) in [6, 6.07) is 15.1. The molecule has 12 heteroatoms. The number of nitrogen functional groups attached to an aromatic ring is 4. The molecule has 0 aliphatic carbocycles. The molecule has 0 radical (unpaired) electrons. The summed E-state index contributed by atoms with van der Waals surface area (Å²) in [5, 5.41) is 0. The largest absolute Gasteiger partial charge is 0.455 e. The highest BCUT2D eigenvalue weighted by atomic mass is 19.4. The molecule has 0 aliphatic heterocycles. The molecule has 0 bridgehead atoms. The number of halogens is 6. The van der Waals surface area contributed by atoms with Crippen LogP contribution in [0.4, 0.5) is 49.1 Å². The number of hydrogen-bond donors (Lipinski definition) is 4. The number of rotatable bonds is 7. The van der Waals surface area contributed by atoms with Gasteiger partial charge in [-0.25, -0.2) is 4.39 Å². The van der Waals surface area contributed by atoms with E-state index in [1.165, 1.54) is 36.4 Å². The predicted octanol–water partition coefficient (Wildman–Crippen LogP) is 7.12. The zero-order chi connectivity index (χ0) is 28.6. The van der Waals surface area contributed by atoms with Crippen LogP contribution in [0, 0.1) is 0 Å². The minimum Gasteiger partial charge on any atom is -0.455 e. The molecule has 0 fully saturated rings. The van der Waals surface area contributed by atoms with Gasteiger partial charge in [0.2, 0.25) is 0 Å². The zero-order valence-corrected chi connectivity index (χ0v) is 20.0. The summed E-state index contributed by atoms with van der Waals surface area (Å²) in [5.41, 5.74) is 15.9. The van der Waals surface area contributed by atoms with Gasteiger partial charge < -0.3 is 32.4 Å². The van der Waals surface area contributed by atoms with E-state index in [0.717, 1.165) is 24.3 Å².